The van der Waals surface area contributed by atoms with E-state index in [9.17, 15) is 4.79 Å². The minimum atomic E-state index is -0.187. The lowest BCUT2D eigenvalue weighted by atomic mass is 9.79. The molecular formula is C21H25N3O3. The van der Waals surface area contributed by atoms with Crippen LogP contribution in [0.15, 0.2) is 42.7 Å². The first-order chi connectivity index (χ1) is 13.2. The summed E-state index contributed by atoms with van der Waals surface area (Å²) in [5, 5.41) is 0. The number of aromatic nitrogens is 2. The zero-order chi connectivity index (χ0) is 18.7. The second kappa shape index (κ2) is 7.74. The molecule has 2 saturated heterocycles. The van der Waals surface area contributed by atoms with E-state index < -0.39 is 0 Å². The van der Waals surface area contributed by atoms with Gasteiger partial charge in [0, 0.05) is 36.9 Å². The molecule has 6 heteroatoms. The molecule has 0 bridgehead atoms. The number of carbonyl (C=O) groups is 1. The van der Waals surface area contributed by atoms with Crippen LogP contribution in [-0.4, -0.2) is 52.7 Å². The molecule has 0 radical (unpaired) electrons. The minimum absolute atomic E-state index is 0.0547. The van der Waals surface area contributed by atoms with Gasteiger partial charge in [-0.05, 0) is 49.9 Å². The van der Waals surface area contributed by atoms with Crippen molar-refractivity contribution in [2.45, 2.75) is 32.0 Å². The van der Waals surface area contributed by atoms with E-state index in [0.29, 0.717) is 37.8 Å². The van der Waals surface area contributed by atoms with Gasteiger partial charge in [0.2, 0.25) is 0 Å². The Morgan fingerprint density at radius 3 is 2.89 bits per heavy atom. The molecule has 2 aliphatic rings. The molecule has 0 aromatic carbocycles. The number of hydrogen-bond donors (Lipinski definition) is 0. The molecule has 142 valence electrons. The maximum Gasteiger partial charge on any atom is 0.254 e. The van der Waals surface area contributed by atoms with Gasteiger partial charge in [0.15, 0.2) is 0 Å². The first-order valence-electron chi connectivity index (χ1n) is 9.50. The summed E-state index contributed by atoms with van der Waals surface area (Å²) in [6, 6.07) is 9.49. The number of nitrogens with zero attached hydrogens (tertiary/aromatic N) is 3. The average Bonchev–Trinajstić information content (AvgIpc) is 3.08. The largest absolute Gasteiger partial charge is 0.375 e. The number of amides is 1. The van der Waals surface area contributed by atoms with Crippen molar-refractivity contribution in [1.29, 1.82) is 0 Å². The Morgan fingerprint density at radius 1 is 1.30 bits per heavy atom. The maximum atomic E-state index is 12.5. The molecule has 1 amide bonds. The van der Waals surface area contributed by atoms with Gasteiger partial charge in [-0.2, -0.15) is 0 Å². The van der Waals surface area contributed by atoms with Crippen LogP contribution in [0.2, 0.25) is 0 Å². The smallest absolute Gasteiger partial charge is 0.254 e. The third-order valence-corrected chi connectivity index (χ3v) is 5.54. The Hall–Kier alpha value is -2.31. The van der Waals surface area contributed by atoms with E-state index in [0.717, 1.165) is 30.8 Å². The van der Waals surface area contributed by atoms with Gasteiger partial charge < -0.3 is 14.4 Å². The molecule has 0 aliphatic carbocycles. The Labute approximate surface area is 159 Å². The number of carbonyl (C=O) groups excluding carboxylic acids is 1. The monoisotopic (exact) mass is 367 g/mol. The highest BCUT2D eigenvalue weighted by Crippen LogP contribution is 2.42. The molecule has 2 aliphatic heterocycles. The van der Waals surface area contributed by atoms with Crippen molar-refractivity contribution in [3.8, 4) is 0 Å². The van der Waals surface area contributed by atoms with Crippen molar-refractivity contribution in [2.24, 2.45) is 5.92 Å². The zero-order valence-electron chi connectivity index (χ0n) is 15.6. The lowest BCUT2D eigenvalue weighted by Gasteiger charge is -2.50. The lowest BCUT2D eigenvalue weighted by Crippen LogP contribution is -2.66. The van der Waals surface area contributed by atoms with E-state index in [1.54, 1.807) is 24.5 Å². The van der Waals surface area contributed by atoms with Gasteiger partial charge >= 0.3 is 0 Å². The minimum Gasteiger partial charge on any atom is -0.375 e. The van der Waals surface area contributed by atoms with Crippen LogP contribution in [0, 0.1) is 12.8 Å². The highest BCUT2D eigenvalue weighted by Gasteiger charge is 2.54. The second-order valence-electron chi connectivity index (χ2n) is 7.41. The summed E-state index contributed by atoms with van der Waals surface area (Å²) in [6.45, 7) is 5.30. The van der Waals surface area contributed by atoms with E-state index in [1.165, 1.54) is 0 Å². The van der Waals surface area contributed by atoms with E-state index >= 15 is 0 Å². The van der Waals surface area contributed by atoms with Crippen molar-refractivity contribution in [3.05, 3.63) is 59.7 Å². The number of ether oxygens (including phenoxy) is 2. The molecule has 1 spiro atoms. The van der Waals surface area contributed by atoms with Crippen LogP contribution < -0.4 is 0 Å². The van der Waals surface area contributed by atoms with Crippen molar-refractivity contribution in [3.63, 3.8) is 0 Å². The molecule has 2 aromatic rings. The normalized spacial score (nSPS) is 20.6. The van der Waals surface area contributed by atoms with E-state index in [4.69, 9.17) is 9.47 Å². The van der Waals surface area contributed by atoms with Crippen LogP contribution in [0.4, 0.5) is 0 Å². The number of rotatable bonds is 6. The summed E-state index contributed by atoms with van der Waals surface area (Å²) >= 11 is 0. The maximum absolute atomic E-state index is 12.5. The van der Waals surface area contributed by atoms with Gasteiger partial charge in [0.1, 0.15) is 5.60 Å². The summed E-state index contributed by atoms with van der Waals surface area (Å²) in [6.07, 6.45) is 5.28. The Morgan fingerprint density at radius 2 is 2.11 bits per heavy atom. The van der Waals surface area contributed by atoms with E-state index in [-0.39, 0.29) is 11.5 Å². The van der Waals surface area contributed by atoms with Crippen LogP contribution in [0.5, 0.6) is 0 Å². The summed E-state index contributed by atoms with van der Waals surface area (Å²) in [5.74, 6) is 0.489. The fourth-order valence-corrected chi connectivity index (χ4v) is 4.04. The number of likely N-dealkylation sites (tertiary alicyclic amines) is 1. The molecule has 0 saturated carbocycles. The van der Waals surface area contributed by atoms with Crippen LogP contribution in [0.3, 0.4) is 0 Å². The van der Waals surface area contributed by atoms with Gasteiger partial charge in [-0.25, -0.2) is 0 Å². The predicted octanol–water partition coefficient (Wildman–Crippen LogP) is 2.62. The van der Waals surface area contributed by atoms with Gasteiger partial charge in [-0.3, -0.25) is 14.8 Å². The zero-order valence-corrected chi connectivity index (χ0v) is 15.6. The molecule has 4 rings (SSSR count). The molecular weight excluding hydrogens is 342 g/mol. The Kier molecular flexibility index (Phi) is 5.18. The van der Waals surface area contributed by atoms with E-state index in [1.807, 2.05) is 30.0 Å². The first-order valence-corrected chi connectivity index (χ1v) is 9.50. The number of pyridine rings is 2. The molecule has 6 nitrogen and oxygen atoms in total. The lowest BCUT2D eigenvalue weighted by molar-refractivity contribution is -0.120. The predicted molar refractivity (Wildman–Crippen MR) is 100 cm³/mol. The molecule has 1 atom stereocenters. The summed E-state index contributed by atoms with van der Waals surface area (Å²) < 4.78 is 11.9. The third-order valence-electron chi connectivity index (χ3n) is 5.54. The highest BCUT2D eigenvalue weighted by atomic mass is 16.5. The first kappa shape index (κ1) is 18.1. The number of aryl methyl sites for hydroxylation is 1. The second-order valence-corrected chi connectivity index (χ2v) is 7.41. The Balaban J connectivity index is 1.26. The van der Waals surface area contributed by atoms with Gasteiger partial charge in [-0.15, -0.1) is 0 Å². The summed E-state index contributed by atoms with van der Waals surface area (Å²) in [4.78, 5) is 22.8. The molecule has 0 unspecified atom stereocenters. The topological polar surface area (TPSA) is 64.6 Å². The van der Waals surface area contributed by atoms with Gasteiger partial charge in [-0.1, -0.05) is 6.07 Å². The molecule has 4 heterocycles. The summed E-state index contributed by atoms with van der Waals surface area (Å²) in [5.41, 5.74) is 2.47. The van der Waals surface area contributed by atoms with E-state index in [2.05, 4.69) is 9.97 Å². The van der Waals surface area contributed by atoms with Gasteiger partial charge in [0.25, 0.3) is 5.91 Å². The third kappa shape index (κ3) is 3.87. The van der Waals surface area contributed by atoms with Crippen molar-refractivity contribution in [1.82, 2.24) is 14.9 Å². The molecule has 2 fully saturated rings. The van der Waals surface area contributed by atoms with Crippen LogP contribution in [0.25, 0.3) is 0 Å². The fraction of sp³-hybridized carbons (Fsp3) is 0.476. The molecule has 27 heavy (non-hydrogen) atoms. The molecule has 0 N–H and O–H groups in total. The van der Waals surface area contributed by atoms with Crippen molar-refractivity contribution < 1.29 is 14.3 Å². The Bertz CT molecular complexity index is 790. The quantitative estimate of drug-likeness (QED) is 0.735. The fourth-order valence-electron chi connectivity index (χ4n) is 4.04. The number of hydrogen-bond acceptors (Lipinski definition) is 5. The van der Waals surface area contributed by atoms with Gasteiger partial charge in [0.05, 0.1) is 25.4 Å². The van der Waals surface area contributed by atoms with Crippen LogP contribution in [-0.2, 0) is 16.1 Å². The van der Waals surface area contributed by atoms with Crippen molar-refractivity contribution in [2.75, 3.05) is 26.3 Å². The van der Waals surface area contributed by atoms with Crippen LogP contribution >= 0.6 is 0 Å². The highest BCUT2D eigenvalue weighted by molar-refractivity contribution is 5.94. The molecule has 2 aromatic heterocycles. The summed E-state index contributed by atoms with van der Waals surface area (Å²) in [7, 11) is 0. The van der Waals surface area contributed by atoms with Crippen molar-refractivity contribution >= 4 is 5.91 Å². The standard InChI is InChI=1S/C21H25N3O3/c1-16-3-2-4-19(23-16)13-26-11-7-18-8-12-27-21(18)14-24(15-21)20(25)17-5-9-22-10-6-17/h2-6,9-10,18H,7-8,11-15H2,1H3/t18-/m1/s1. The SMILES string of the molecule is Cc1cccc(COCC[C@@H]2CCOC23CN(C(=O)c2ccncc2)C3)n1. The van der Waals surface area contributed by atoms with Crippen LogP contribution in [0.1, 0.15) is 34.6 Å². The average molecular weight is 367 g/mol.